The van der Waals surface area contributed by atoms with Crippen molar-refractivity contribution in [3.8, 4) is 0 Å². The van der Waals surface area contributed by atoms with Crippen molar-refractivity contribution in [1.82, 2.24) is 14.3 Å². The Bertz CT molecular complexity index is 1060. The lowest BCUT2D eigenvalue weighted by Crippen LogP contribution is -2.33. The molecule has 0 radical (unpaired) electrons. The average molecular weight is 418 g/mol. The van der Waals surface area contributed by atoms with Crippen LogP contribution in [0.15, 0.2) is 24.3 Å². The minimum absolute atomic E-state index is 0.0304. The topological polar surface area (TPSA) is 83.5 Å². The molecule has 0 spiro atoms. The Hall–Kier alpha value is -2.39. The van der Waals surface area contributed by atoms with Gasteiger partial charge in [-0.15, -0.1) is 0 Å². The van der Waals surface area contributed by atoms with E-state index in [0.717, 1.165) is 17.5 Å². The monoisotopic (exact) mass is 418 g/mol. The second-order valence-electron chi connectivity index (χ2n) is 7.42. The SMILES string of the molecule is CCS(=O)(=O)N1CCCC1c1nc(C)c2c(n1)N(Cc1ccc(F)cc1)C(=O)C2. The third-order valence-corrected chi connectivity index (χ3v) is 7.45. The molecule has 1 aromatic carbocycles. The van der Waals surface area contributed by atoms with Crippen LogP contribution < -0.4 is 4.90 Å². The van der Waals surface area contributed by atoms with E-state index in [0.29, 0.717) is 30.3 Å². The number of hydrogen-bond donors (Lipinski definition) is 0. The fourth-order valence-electron chi connectivity index (χ4n) is 3.98. The van der Waals surface area contributed by atoms with E-state index in [9.17, 15) is 17.6 Å². The van der Waals surface area contributed by atoms with Gasteiger partial charge in [0.2, 0.25) is 15.9 Å². The number of fused-ring (bicyclic) bond motifs is 1. The summed E-state index contributed by atoms with van der Waals surface area (Å²) in [7, 11) is -3.36. The van der Waals surface area contributed by atoms with Gasteiger partial charge in [-0.3, -0.25) is 9.69 Å². The highest BCUT2D eigenvalue weighted by atomic mass is 32.2. The maximum Gasteiger partial charge on any atom is 0.233 e. The first-order valence-corrected chi connectivity index (χ1v) is 11.3. The van der Waals surface area contributed by atoms with E-state index >= 15 is 0 Å². The van der Waals surface area contributed by atoms with E-state index in [2.05, 4.69) is 9.97 Å². The lowest BCUT2D eigenvalue weighted by Gasteiger charge is -2.24. The molecule has 1 amide bonds. The first-order chi connectivity index (χ1) is 13.8. The third-order valence-electron chi connectivity index (χ3n) is 5.57. The number of benzene rings is 1. The summed E-state index contributed by atoms with van der Waals surface area (Å²) in [5, 5.41) is 0. The van der Waals surface area contributed by atoms with Gasteiger partial charge in [0, 0.05) is 17.8 Å². The molecule has 9 heteroatoms. The molecule has 0 bridgehead atoms. The average Bonchev–Trinajstić information content (AvgIpc) is 3.30. The summed E-state index contributed by atoms with van der Waals surface area (Å²) in [6.45, 7) is 4.19. The zero-order valence-electron chi connectivity index (χ0n) is 16.4. The van der Waals surface area contributed by atoms with E-state index in [4.69, 9.17) is 0 Å². The molecule has 3 heterocycles. The van der Waals surface area contributed by atoms with Crippen LogP contribution in [0.25, 0.3) is 0 Å². The normalized spacial score (nSPS) is 19.8. The van der Waals surface area contributed by atoms with Crippen LogP contribution in [-0.4, -0.2) is 40.9 Å². The number of hydrogen-bond acceptors (Lipinski definition) is 5. The largest absolute Gasteiger partial charge is 0.292 e. The molecule has 4 rings (SSSR count). The Morgan fingerprint density at radius 1 is 1.21 bits per heavy atom. The van der Waals surface area contributed by atoms with Gasteiger partial charge in [0.1, 0.15) is 17.5 Å². The van der Waals surface area contributed by atoms with E-state index in [1.165, 1.54) is 16.4 Å². The van der Waals surface area contributed by atoms with E-state index in [1.807, 2.05) is 6.92 Å². The first kappa shape index (κ1) is 19.9. The van der Waals surface area contributed by atoms with E-state index in [-0.39, 0.29) is 30.4 Å². The molecule has 0 saturated carbocycles. The number of anilines is 1. The number of nitrogens with zero attached hydrogens (tertiary/aromatic N) is 4. The molecule has 1 unspecified atom stereocenters. The third kappa shape index (κ3) is 3.64. The summed E-state index contributed by atoms with van der Waals surface area (Å²) in [6, 6.07) is 5.59. The molecular weight excluding hydrogens is 395 g/mol. The highest BCUT2D eigenvalue weighted by molar-refractivity contribution is 7.89. The minimum atomic E-state index is -3.36. The smallest absolute Gasteiger partial charge is 0.233 e. The molecule has 1 aromatic heterocycles. The molecule has 1 atom stereocenters. The Morgan fingerprint density at radius 3 is 2.62 bits per heavy atom. The van der Waals surface area contributed by atoms with Gasteiger partial charge in [0.05, 0.1) is 24.8 Å². The van der Waals surface area contributed by atoms with Gasteiger partial charge in [-0.1, -0.05) is 12.1 Å². The number of halogens is 1. The van der Waals surface area contributed by atoms with Crippen LogP contribution >= 0.6 is 0 Å². The minimum Gasteiger partial charge on any atom is -0.292 e. The Balaban J connectivity index is 1.70. The number of sulfonamides is 1. The van der Waals surface area contributed by atoms with Gasteiger partial charge >= 0.3 is 0 Å². The van der Waals surface area contributed by atoms with Crippen molar-refractivity contribution in [2.24, 2.45) is 0 Å². The molecule has 0 aliphatic carbocycles. The summed E-state index contributed by atoms with van der Waals surface area (Å²) in [6.07, 6.45) is 1.62. The van der Waals surface area contributed by atoms with E-state index < -0.39 is 16.1 Å². The molecule has 2 aliphatic rings. The van der Waals surface area contributed by atoms with Crippen LogP contribution in [0.4, 0.5) is 10.2 Å². The van der Waals surface area contributed by atoms with Crippen molar-refractivity contribution in [1.29, 1.82) is 0 Å². The molecule has 29 heavy (non-hydrogen) atoms. The van der Waals surface area contributed by atoms with Crippen molar-refractivity contribution < 1.29 is 17.6 Å². The van der Waals surface area contributed by atoms with Crippen molar-refractivity contribution >= 4 is 21.7 Å². The number of amides is 1. The number of carbonyl (C=O) groups is 1. The summed E-state index contributed by atoms with van der Waals surface area (Å²) in [4.78, 5) is 23.4. The molecule has 2 aliphatic heterocycles. The zero-order valence-corrected chi connectivity index (χ0v) is 17.2. The summed E-state index contributed by atoms with van der Waals surface area (Å²) >= 11 is 0. The van der Waals surface area contributed by atoms with Crippen molar-refractivity contribution in [3.63, 3.8) is 0 Å². The predicted molar refractivity (Wildman–Crippen MR) is 106 cm³/mol. The van der Waals surface area contributed by atoms with Gasteiger partial charge in [-0.2, -0.15) is 4.31 Å². The van der Waals surface area contributed by atoms with Crippen LogP contribution in [0.1, 0.15) is 48.5 Å². The Morgan fingerprint density at radius 2 is 1.93 bits per heavy atom. The number of carbonyl (C=O) groups excluding carboxylic acids is 1. The molecule has 1 fully saturated rings. The van der Waals surface area contributed by atoms with Crippen molar-refractivity contribution in [3.05, 3.63) is 52.7 Å². The highest BCUT2D eigenvalue weighted by Gasteiger charge is 2.38. The first-order valence-electron chi connectivity index (χ1n) is 9.72. The zero-order chi connectivity index (χ0) is 20.8. The van der Waals surface area contributed by atoms with Gasteiger partial charge in [-0.05, 0) is 44.4 Å². The quantitative estimate of drug-likeness (QED) is 0.745. The fourth-order valence-corrected chi connectivity index (χ4v) is 5.30. The van der Waals surface area contributed by atoms with Gasteiger partial charge < -0.3 is 0 Å². The molecule has 0 N–H and O–H groups in total. The van der Waals surface area contributed by atoms with Crippen LogP contribution in [-0.2, 0) is 27.8 Å². The van der Waals surface area contributed by atoms with Crippen LogP contribution in [0, 0.1) is 12.7 Å². The number of rotatable bonds is 5. The molecular formula is C20H23FN4O3S. The van der Waals surface area contributed by atoms with Crippen LogP contribution in [0.2, 0.25) is 0 Å². The summed E-state index contributed by atoms with van der Waals surface area (Å²) in [5.41, 5.74) is 2.26. The number of aromatic nitrogens is 2. The van der Waals surface area contributed by atoms with Gasteiger partial charge in [-0.25, -0.2) is 22.8 Å². The fraction of sp³-hybridized carbons (Fsp3) is 0.450. The van der Waals surface area contributed by atoms with Crippen molar-refractivity contribution in [2.45, 2.75) is 45.7 Å². The Labute approximate surface area is 169 Å². The van der Waals surface area contributed by atoms with Gasteiger partial charge in [0.25, 0.3) is 0 Å². The lowest BCUT2D eigenvalue weighted by molar-refractivity contribution is -0.117. The maximum atomic E-state index is 13.2. The molecule has 7 nitrogen and oxygen atoms in total. The van der Waals surface area contributed by atoms with Crippen molar-refractivity contribution in [2.75, 3.05) is 17.2 Å². The second kappa shape index (κ2) is 7.46. The molecule has 154 valence electrons. The maximum absolute atomic E-state index is 13.2. The standard InChI is InChI=1S/C20H23FN4O3S/c1-3-29(27,28)25-10-4-5-17(25)19-22-13(2)16-11-18(26)24(20(16)23-19)12-14-6-8-15(21)9-7-14/h6-9,17H,3-5,10-12H2,1-2H3. The van der Waals surface area contributed by atoms with E-state index in [1.54, 1.807) is 24.0 Å². The second-order valence-corrected chi connectivity index (χ2v) is 9.63. The van der Waals surface area contributed by atoms with Gasteiger partial charge in [0.15, 0.2) is 0 Å². The Kier molecular flexibility index (Phi) is 5.12. The highest BCUT2D eigenvalue weighted by Crippen LogP contribution is 2.36. The molecule has 2 aromatic rings. The lowest BCUT2D eigenvalue weighted by atomic mass is 10.1. The summed E-state index contributed by atoms with van der Waals surface area (Å²) in [5.74, 6) is 0.573. The van der Waals surface area contributed by atoms with Crippen LogP contribution in [0.3, 0.4) is 0 Å². The summed E-state index contributed by atoms with van der Waals surface area (Å²) < 4.78 is 39.6. The van der Waals surface area contributed by atoms with Crippen LogP contribution in [0.5, 0.6) is 0 Å². The molecule has 1 saturated heterocycles. The predicted octanol–water partition coefficient (Wildman–Crippen LogP) is 2.50. The number of aryl methyl sites for hydroxylation is 1.